The topological polar surface area (TPSA) is 9.23 Å². The minimum Gasteiger partial charge on any atom is -0.413 e. The molecule has 17 heavy (non-hydrogen) atoms. The Kier molecular flexibility index (Phi) is 4.38. The van der Waals surface area contributed by atoms with Crippen LogP contribution in [-0.2, 0) is 4.43 Å². The van der Waals surface area contributed by atoms with Crippen molar-refractivity contribution in [3.05, 3.63) is 0 Å². The molecular weight excluding hydrogens is 240 g/mol. The van der Waals surface area contributed by atoms with Crippen molar-refractivity contribution < 1.29 is 4.43 Å². The van der Waals surface area contributed by atoms with Gasteiger partial charge in [-0.15, -0.1) is 0 Å². The van der Waals surface area contributed by atoms with Gasteiger partial charge in [0.25, 0.3) is 0 Å². The predicted octanol–water partition coefficient (Wildman–Crippen LogP) is 4.26. The molecule has 1 aliphatic rings. The van der Waals surface area contributed by atoms with Crippen molar-refractivity contribution >= 4 is 18.6 Å². The van der Waals surface area contributed by atoms with Crippen LogP contribution in [0.15, 0.2) is 0 Å². The fourth-order valence-corrected chi connectivity index (χ4v) is 6.55. The second-order valence-corrected chi connectivity index (χ2v) is 13.5. The molecule has 0 aromatic carbocycles. The Bertz CT molecular complexity index is 270. The van der Waals surface area contributed by atoms with Gasteiger partial charge in [0, 0.05) is 8.07 Å². The SMILES string of the molecule is CC1CCC(C[Si](C)(C)C)(O[Si])C(C)(C)C1C. The van der Waals surface area contributed by atoms with Crippen LogP contribution in [0, 0.1) is 17.3 Å². The fourth-order valence-electron chi connectivity index (χ4n) is 3.55. The second-order valence-electron chi connectivity index (χ2n) is 7.86. The first-order chi connectivity index (χ1) is 7.56. The minimum atomic E-state index is -1.13. The maximum absolute atomic E-state index is 5.93. The Labute approximate surface area is 112 Å². The highest BCUT2D eigenvalue weighted by Gasteiger charge is 2.53. The zero-order valence-corrected chi connectivity index (χ0v) is 14.7. The zero-order valence-electron chi connectivity index (χ0n) is 12.7. The van der Waals surface area contributed by atoms with Crippen LogP contribution in [-0.4, -0.2) is 24.2 Å². The van der Waals surface area contributed by atoms with E-state index in [9.17, 15) is 0 Å². The molecule has 3 radical (unpaired) electrons. The summed E-state index contributed by atoms with van der Waals surface area (Å²) in [6.45, 7) is 16.9. The molecule has 0 amide bonds. The van der Waals surface area contributed by atoms with Crippen molar-refractivity contribution in [1.82, 2.24) is 0 Å². The third-order valence-electron chi connectivity index (χ3n) is 5.18. The average Bonchev–Trinajstić information content (AvgIpc) is 2.18. The van der Waals surface area contributed by atoms with Gasteiger partial charge >= 0.3 is 0 Å². The van der Waals surface area contributed by atoms with Crippen molar-refractivity contribution in [1.29, 1.82) is 0 Å². The van der Waals surface area contributed by atoms with E-state index in [0.29, 0.717) is 5.92 Å². The van der Waals surface area contributed by atoms with E-state index in [1.807, 2.05) is 0 Å². The summed E-state index contributed by atoms with van der Waals surface area (Å²) in [7, 11) is 2.28. The molecule has 3 heteroatoms. The monoisotopic (exact) mass is 269 g/mol. The smallest absolute Gasteiger partial charge is 0.247 e. The molecule has 0 saturated heterocycles. The average molecular weight is 270 g/mol. The minimum absolute atomic E-state index is 0.0281. The highest BCUT2D eigenvalue weighted by molar-refractivity contribution is 6.76. The largest absolute Gasteiger partial charge is 0.413 e. The van der Waals surface area contributed by atoms with Crippen molar-refractivity contribution in [3.8, 4) is 0 Å². The maximum Gasteiger partial charge on any atom is 0.247 e. The van der Waals surface area contributed by atoms with E-state index in [4.69, 9.17) is 4.43 Å². The normalized spacial score (nSPS) is 38.1. The van der Waals surface area contributed by atoms with Gasteiger partial charge in [-0.3, -0.25) is 0 Å². The van der Waals surface area contributed by atoms with Crippen LogP contribution in [0.2, 0.25) is 25.7 Å². The third kappa shape index (κ3) is 2.87. The number of hydrogen-bond donors (Lipinski definition) is 0. The fraction of sp³-hybridized carbons (Fsp3) is 1.00. The van der Waals surface area contributed by atoms with Gasteiger partial charge in [0.1, 0.15) is 0 Å². The van der Waals surface area contributed by atoms with E-state index in [-0.39, 0.29) is 11.0 Å². The van der Waals surface area contributed by atoms with Crippen molar-refractivity contribution in [2.45, 2.75) is 71.8 Å². The Hall–Kier alpha value is 0.394. The molecule has 0 aromatic rings. The zero-order chi connectivity index (χ0) is 13.5. The van der Waals surface area contributed by atoms with Gasteiger partial charge in [0.2, 0.25) is 10.5 Å². The molecule has 1 aliphatic carbocycles. The van der Waals surface area contributed by atoms with E-state index in [1.165, 1.54) is 18.9 Å². The van der Waals surface area contributed by atoms with Crippen LogP contribution >= 0.6 is 0 Å². The first kappa shape index (κ1) is 15.5. The van der Waals surface area contributed by atoms with Crippen molar-refractivity contribution in [3.63, 3.8) is 0 Å². The Balaban J connectivity index is 3.06. The van der Waals surface area contributed by atoms with Gasteiger partial charge in [0.05, 0.1) is 5.60 Å². The Morgan fingerprint density at radius 3 is 2.18 bits per heavy atom. The summed E-state index contributed by atoms with van der Waals surface area (Å²) in [6, 6.07) is 1.24. The van der Waals surface area contributed by atoms with Gasteiger partial charge in [-0.05, 0) is 36.1 Å². The first-order valence-corrected chi connectivity index (χ1v) is 11.0. The molecule has 3 atom stereocenters. The first-order valence-electron chi connectivity index (χ1n) is 6.90. The van der Waals surface area contributed by atoms with Gasteiger partial charge in [-0.2, -0.15) is 0 Å². The van der Waals surface area contributed by atoms with E-state index in [2.05, 4.69) is 57.8 Å². The summed E-state index contributed by atoms with van der Waals surface area (Å²) >= 11 is 0. The van der Waals surface area contributed by atoms with Gasteiger partial charge < -0.3 is 4.43 Å². The second kappa shape index (κ2) is 4.82. The molecule has 0 heterocycles. The number of hydrogen-bond acceptors (Lipinski definition) is 1. The van der Waals surface area contributed by atoms with Crippen LogP contribution in [0.1, 0.15) is 40.5 Å². The molecule has 0 spiro atoms. The summed E-state index contributed by atoms with van der Waals surface area (Å²) in [5, 5.41) is 0. The lowest BCUT2D eigenvalue weighted by atomic mass is 9.57. The molecule has 0 bridgehead atoms. The molecule has 1 rings (SSSR count). The van der Waals surface area contributed by atoms with Crippen molar-refractivity contribution in [2.75, 3.05) is 0 Å². The highest BCUT2D eigenvalue weighted by Crippen LogP contribution is 2.54. The lowest BCUT2D eigenvalue weighted by Gasteiger charge is -2.57. The van der Waals surface area contributed by atoms with Gasteiger partial charge in [0.15, 0.2) is 0 Å². The Morgan fingerprint density at radius 2 is 1.76 bits per heavy atom. The van der Waals surface area contributed by atoms with Crippen LogP contribution in [0.4, 0.5) is 0 Å². The molecule has 3 unspecified atom stereocenters. The van der Waals surface area contributed by atoms with Gasteiger partial charge in [-0.25, -0.2) is 0 Å². The molecule has 1 saturated carbocycles. The standard InChI is InChI=1S/C14H29OSi2/c1-11-8-9-14(15-16,10-17(5,6)7)13(3,4)12(11)2/h11-12H,8-10H2,1-7H3. The molecule has 0 aromatic heterocycles. The van der Waals surface area contributed by atoms with E-state index < -0.39 is 8.07 Å². The van der Waals surface area contributed by atoms with Crippen LogP contribution in [0.25, 0.3) is 0 Å². The van der Waals surface area contributed by atoms with Crippen LogP contribution in [0.5, 0.6) is 0 Å². The molecule has 0 aliphatic heterocycles. The number of rotatable bonds is 3. The van der Waals surface area contributed by atoms with E-state index >= 15 is 0 Å². The predicted molar refractivity (Wildman–Crippen MR) is 79.1 cm³/mol. The quantitative estimate of drug-likeness (QED) is 0.696. The summed E-state index contributed by atoms with van der Waals surface area (Å²) < 4.78 is 5.93. The summed E-state index contributed by atoms with van der Waals surface area (Å²) in [5.74, 6) is 1.52. The van der Waals surface area contributed by atoms with Crippen LogP contribution < -0.4 is 0 Å². The van der Waals surface area contributed by atoms with E-state index in [1.54, 1.807) is 0 Å². The molecular formula is C14H29OSi2. The maximum atomic E-state index is 5.93. The summed E-state index contributed by atoms with van der Waals surface area (Å²) in [6.07, 6.45) is 2.48. The molecule has 1 nitrogen and oxygen atoms in total. The molecule has 99 valence electrons. The van der Waals surface area contributed by atoms with Crippen LogP contribution in [0.3, 0.4) is 0 Å². The summed E-state index contributed by atoms with van der Waals surface area (Å²) in [5.41, 5.74) is 0.271. The molecule has 1 fully saturated rings. The lowest BCUT2D eigenvalue weighted by molar-refractivity contribution is -0.105. The summed E-state index contributed by atoms with van der Waals surface area (Å²) in [4.78, 5) is 0. The van der Waals surface area contributed by atoms with Crippen molar-refractivity contribution in [2.24, 2.45) is 17.3 Å². The molecule has 0 N–H and O–H groups in total. The lowest BCUT2D eigenvalue weighted by Crippen LogP contribution is -2.57. The Morgan fingerprint density at radius 1 is 1.24 bits per heavy atom. The third-order valence-corrected chi connectivity index (χ3v) is 7.20. The van der Waals surface area contributed by atoms with Gasteiger partial charge in [-0.1, -0.05) is 47.3 Å². The van der Waals surface area contributed by atoms with E-state index in [0.717, 1.165) is 5.92 Å². The highest BCUT2D eigenvalue weighted by atomic mass is 28.3.